The zero-order valence-corrected chi connectivity index (χ0v) is 15.2. The highest BCUT2D eigenvalue weighted by Gasteiger charge is 2.21. The zero-order chi connectivity index (χ0) is 14.7. The second-order valence-electron chi connectivity index (χ2n) is 5.81. The lowest BCUT2D eigenvalue weighted by molar-refractivity contribution is 0.198. The maximum atomic E-state index is 5.96. The van der Waals surface area contributed by atoms with Crippen molar-refractivity contribution in [1.29, 1.82) is 0 Å². The van der Waals surface area contributed by atoms with Crippen LogP contribution in [0.15, 0.2) is 42.7 Å². The Hall–Kier alpha value is -1.29. The summed E-state index contributed by atoms with van der Waals surface area (Å²) in [5, 5.41) is 0. The monoisotopic (exact) mass is 354 g/mol. The molecule has 3 rings (SSSR count). The van der Waals surface area contributed by atoms with Gasteiger partial charge in [-0.05, 0) is 50.6 Å². The highest BCUT2D eigenvalue weighted by atomic mass is 35.5. The third-order valence-corrected chi connectivity index (χ3v) is 4.28. The summed E-state index contributed by atoms with van der Waals surface area (Å²) in [6.07, 6.45) is 6.20. The molecular formula is C18H24Cl2N2O. The highest BCUT2D eigenvalue weighted by Crippen LogP contribution is 2.26. The first-order valence-corrected chi connectivity index (χ1v) is 7.58. The first-order chi connectivity index (χ1) is 10.2. The third kappa shape index (κ3) is 4.84. The molecule has 1 fully saturated rings. The average molecular weight is 355 g/mol. The minimum absolute atomic E-state index is 0. The fourth-order valence-electron chi connectivity index (χ4n) is 2.92. The van der Waals surface area contributed by atoms with Crippen molar-refractivity contribution in [2.45, 2.75) is 25.8 Å². The standard InChI is InChI=1S/C18H22N2O.2ClH/c1-14-6-3-4-8-18(14)15-10-17(12-19-11-15)21-13-16-7-5-9-20(16)2;;/h3-4,6,8,10-12,16H,5,7,9,13H2,1-2H3;2*1H/t16-;;/m0../s1. The molecule has 126 valence electrons. The van der Waals surface area contributed by atoms with E-state index >= 15 is 0 Å². The molecule has 3 nitrogen and oxygen atoms in total. The van der Waals surface area contributed by atoms with Crippen molar-refractivity contribution in [3.63, 3.8) is 0 Å². The van der Waals surface area contributed by atoms with E-state index < -0.39 is 0 Å². The van der Waals surface area contributed by atoms with Gasteiger partial charge in [-0.2, -0.15) is 0 Å². The minimum Gasteiger partial charge on any atom is -0.490 e. The van der Waals surface area contributed by atoms with Crippen LogP contribution < -0.4 is 4.74 Å². The maximum absolute atomic E-state index is 5.96. The molecule has 0 spiro atoms. The maximum Gasteiger partial charge on any atom is 0.138 e. The van der Waals surface area contributed by atoms with Gasteiger partial charge in [0.25, 0.3) is 0 Å². The molecule has 23 heavy (non-hydrogen) atoms. The third-order valence-electron chi connectivity index (χ3n) is 4.28. The predicted octanol–water partition coefficient (Wildman–Crippen LogP) is 4.37. The van der Waals surface area contributed by atoms with Gasteiger partial charge in [0.05, 0.1) is 6.20 Å². The summed E-state index contributed by atoms with van der Waals surface area (Å²) in [5.41, 5.74) is 3.59. The zero-order valence-electron chi connectivity index (χ0n) is 13.6. The summed E-state index contributed by atoms with van der Waals surface area (Å²) in [6, 6.07) is 11.0. The van der Waals surface area contributed by atoms with Gasteiger partial charge in [0.15, 0.2) is 0 Å². The van der Waals surface area contributed by atoms with Crippen molar-refractivity contribution >= 4 is 24.8 Å². The average Bonchev–Trinajstić information content (AvgIpc) is 2.91. The van der Waals surface area contributed by atoms with Crippen molar-refractivity contribution in [2.24, 2.45) is 0 Å². The lowest BCUT2D eigenvalue weighted by Gasteiger charge is -2.19. The Kier molecular flexibility index (Phi) is 7.83. The normalized spacial score (nSPS) is 17.2. The molecule has 0 aliphatic carbocycles. The van der Waals surface area contributed by atoms with Gasteiger partial charge in [-0.25, -0.2) is 0 Å². The molecule has 0 N–H and O–H groups in total. The van der Waals surface area contributed by atoms with Crippen LogP contribution in [0.5, 0.6) is 5.75 Å². The van der Waals surface area contributed by atoms with Crippen molar-refractivity contribution in [3.05, 3.63) is 48.3 Å². The van der Waals surface area contributed by atoms with Gasteiger partial charge in [-0.15, -0.1) is 24.8 Å². The van der Waals surface area contributed by atoms with E-state index in [0.717, 1.165) is 17.9 Å². The van der Waals surface area contributed by atoms with Gasteiger partial charge in [0, 0.05) is 17.8 Å². The number of aromatic nitrogens is 1. The number of benzene rings is 1. The minimum atomic E-state index is 0. The fraction of sp³-hybridized carbons (Fsp3) is 0.389. The molecule has 5 heteroatoms. The van der Waals surface area contributed by atoms with Crippen molar-refractivity contribution in [3.8, 4) is 16.9 Å². The smallest absolute Gasteiger partial charge is 0.138 e. The second kappa shape index (κ2) is 9.11. The van der Waals surface area contributed by atoms with Crippen LogP contribution in [0, 0.1) is 6.92 Å². The van der Waals surface area contributed by atoms with Crippen LogP contribution in [0.25, 0.3) is 11.1 Å². The number of likely N-dealkylation sites (tertiary alicyclic amines) is 1. The van der Waals surface area contributed by atoms with Gasteiger partial charge in [0.1, 0.15) is 12.4 Å². The number of aryl methyl sites for hydroxylation is 1. The fourth-order valence-corrected chi connectivity index (χ4v) is 2.92. The molecule has 0 bridgehead atoms. The van der Waals surface area contributed by atoms with Crippen LogP contribution >= 0.6 is 24.8 Å². The molecule has 1 atom stereocenters. The number of pyridine rings is 1. The molecule has 0 amide bonds. The lowest BCUT2D eigenvalue weighted by Crippen LogP contribution is -2.30. The summed E-state index contributed by atoms with van der Waals surface area (Å²) in [5.74, 6) is 0.857. The van der Waals surface area contributed by atoms with Crippen LogP contribution in [0.3, 0.4) is 0 Å². The number of likely N-dealkylation sites (N-methyl/N-ethyl adjacent to an activating group) is 1. The van der Waals surface area contributed by atoms with Crippen molar-refractivity contribution in [1.82, 2.24) is 9.88 Å². The number of hydrogen-bond acceptors (Lipinski definition) is 3. The predicted molar refractivity (Wildman–Crippen MR) is 100 cm³/mol. The van der Waals surface area contributed by atoms with Gasteiger partial charge in [-0.1, -0.05) is 24.3 Å². The summed E-state index contributed by atoms with van der Waals surface area (Å²) in [4.78, 5) is 6.70. The molecule has 1 saturated heterocycles. The highest BCUT2D eigenvalue weighted by molar-refractivity contribution is 5.85. The summed E-state index contributed by atoms with van der Waals surface area (Å²) < 4.78 is 5.96. The van der Waals surface area contributed by atoms with E-state index in [-0.39, 0.29) is 24.8 Å². The van der Waals surface area contributed by atoms with E-state index in [4.69, 9.17) is 4.74 Å². The van der Waals surface area contributed by atoms with Crippen molar-refractivity contribution < 1.29 is 4.74 Å². The molecule has 0 saturated carbocycles. The van der Waals surface area contributed by atoms with E-state index in [1.807, 2.05) is 6.20 Å². The van der Waals surface area contributed by atoms with Crippen LogP contribution in [0.4, 0.5) is 0 Å². The van der Waals surface area contributed by atoms with E-state index in [2.05, 4.69) is 54.2 Å². The number of ether oxygens (including phenoxy) is 1. The second-order valence-corrected chi connectivity index (χ2v) is 5.81. The van der Waals surface area contributed by atoms with E-state index in [0.29, 0.717) is 6.04 Å². The lowest BCUT2D eigenvalue weighted by atomic mass is 10.0. The number of nitrogens with zero attached hydrogens (tertiary/aromatic N) is 2. The topological polar surface area (TPSA) is 25.4 Å². The Balaban J connectivity index is 0.00000132. The Morgan fingerprint density at radius 1 is 1.22 bits per heavy atom. The van der Waals surface area contributed by atoms with Gasteiger partial charge >= 0.3 is 0 Å². The molecular weight excluding hydrogens is 331 g/mol. The number of rotatable bonds is 4. The molecule has 0 radical (unpaired) electrons. The van der Waals surface area contributed by atoms with Gasteiger partial charge in [-0.3, -0.25) is 4.98 Å². The Labute approximate surface area is 150 Å². The Morgan fingerprint density at radius 2 is 2.00 bits per heavy atom. The molecule has 1 aromatic heterocycles. The molecule has 0 unspecified atom stereocenters. The molecule has 2 aromatic rings. The largest absolute Gasteiger partial charge is 0.490 e. The Morgan fingerprint density at radius 3 is 2.70 bits per heavy atom. The summed E-state index contributed by atoms with van der Waals surface area (Å²) >= 11 is 0. The van der Waals surface area contributed by atoms with Crippen LogP contribution in [-0.4, -0.2) is 36.1 Å². The van der Waals surface area contributed by atoms with Crippen LogP contribution in [0.1, 0.15) is 18.4 Å². The molecule has 1 aromatic carbocycles. The van der Waals surface area contributed by atoms with E-state index in [1.54, 1.807) is 6.20 Å². The summed E-state index contributed by atoms with van der Waals surface area (Å²) in [7, 11) is 2.17. The van der Waals surface area contributed by atoms with Gasteiger partial charge < -0.3 is 9.64 Å². The molecule has 1 aliphatic heterocycles. The number of hydrogen-bond donors (Lipinski definition) is 0. The quantitative estimate of drug-likeness (QED) is 0.814. The first-order valence-electron chi connectivity index (χ1n) is 7.58. The molecule has 2 heterocycles. The summed E-state index contributed by atoms with van der Waals surface area (Å²) in [6.45, 7) is 4.04. The SMILES string of the molecule is Cc1ccccc1-c1cncc(OC[C@@H]2CCCN2C)c1.Cl.Cl. The Bertz CT molecular complexity index is 621. The first kappa shape index (κ1) is 19.8. The number of halogens is 2. The van der Waals surface area contributed by atoms with Gasteiger partial charge in [0.2, 0.25) is 0 Å². The van der Waals surface area contributed by atoms with E-state index in [1.165, 1.54) is 30.5 Å². The van der Waals surface area contributed by atoms with E-state index in [9.17, 15) is 0 Å². The van der Waals surface area contributed by atoms with Crippen LogP contribution in [0.2, 0.25) is 0 Å². The van der Waals surface area contributed by atoms with Crippen LogP contribution in [-0.2, 0) is 0 Å². The van der Waals surface area contributed by atoms with Crippen molar-refractivity contribution in [2.75, 3.05) is 20.2 Å². The molecule has 1 aliphatic rings.